The lowest BCUT2D eigenvalue weighted by Gasteiger charge is -2.46. The average Bonchev–Trinajstić information content (AvgIpc) is 2.10. The molecule has 0 saturated carbocycles. The number of carbonyl (C=O) groups is 2. The van der Waals surface area contributed by atoms with Crippen LogP contribution < -0.4 is 11.5 Å². The highest BCUT2D eigenvalue weighted by Crippen LogP contribution is 2.24. The van der Waals surface area contributed by atoms with E-state index in [0.29, 0.717) is 6.42 Å². The van der Waals surface area contributed by atoms with E-state index in [2.05, 4.69) is 0 Å². The smallest absolute Gasteiger partial charge is 0.240 e. The summed E-state index contributed by atoms with van der Waals surface area (Å²) in [6.45, 7) is 2.43. The molecule has 0 aliphatic carbocycles. The van der Waals surface area contributed by atoms with Crippen molar-refractivity contribution < 1.29 is 14.7 Å². The molecule has 0 aromatic carbocycles. The Morgan fingerprint density at radius 1 is 1.53 bits per heavy atom. The maximum absolute atomic E-state index is 11.5. The third kappa shape index (κ3) is 2.66. The van der Waals surface area contributed by atoms with Crippen molar-refractivity contribution in [3.63, 3.8) is 0 Å². The predicted molar refractivity (Wildman–Crippen MR) is 53.6 cm³/mol. The summed E-state index contributed by atoms with van der Waals surface area (Å²) in [4.78, 5) is 23.5. The highest BCUT2D eigenvalue weighted by Gasteiger charge is 2.43. The first-order valence-electron chi connectivity index (χ1n) is 4.93. The predicted octanol–water partition coefficient (Wildman–Crippen LogP) is -1.83. The molecule has 0 bridgehead atoms. The zero-order valence-electron chi connectivity index (χ0n) is 8.77. The zero-order valence-corrected chi connectivity index (χ0v) is 8.77. The van der Waals surface area contributed by atoms with E-state index in [0.717, 1.165) is 0 Å². The SMILES string of the molecule is CCC1(O)CN(C(=O)C(N)CC(N)=O)C1. The number of β-amino-alcohol motifs (C(OH)–C–C–N with tert-alkyl or cyclic N) is 1. The molecule has 1 rings (SSSR count). The second-order valence-electron chi connectivity index (χ2n) is 4.05. The van der Waals surface area contributed by atoms with Crippen LogP contribution in [-0.2, 0) is 9.59 Å². The van der Waals surface area contributed by atoms with E-state index in [1.54, 1.807) is 0 Å². The largest absolute Gasteiger partial charge is 0.386 e. The van der Waals surface area contributed by atoms with Gasteiger partial charge in [-0.2, -0.15) is 0 Å². The second-order valence-corrected chi connectivity index (χ2v) is 4.05. The van der Waals surface area contributed by atoms with Crippen LogP contribution in [0.15, 0.2) is 0 Å². The quantitative estimate of drug-likeness (QED) is 0.512. The summed E-state index contributed by atoms with van der Waals surface area (Å²) in [6.07, 6.45) is 0.446. The van der Waals surface area contributed by atoms with Gasteiger partial charge in [-0.3, -0.25) is 9.59 Å². The van der Waals surface area contributed by atoms with Crippen molar-refractivity contribution in [1.29, 1.82) is 0 Å². The summed E-state index contributed by atoms with van der Waals surface area (Å²) in [5.74, 6) is -0.922. The van der Waals surface area contributed by atoms with Crippen LogP contribution in [-0.4, -0.2) is 46.6 Å². The molecule has 0 spiro atoms. The van der Waals surface area contributed by atoms with Crippen molar-refractivity contribution in [2.24, 2.45) is 11.5 Å². The topological polar surface area (TPSA) is 110 Å². The lowest BCUT2D eigenvalue weighted by molar-refractivity contribution is -0.157. The number of hydrogen-bond acceptors (Lipinski definition) is 4. The van der Waals surface area contributed by atoms with Gasteiger partial charge in [-0.1, -0.05) is 6.92 Å². The van der Waals surface area contributed by atoms with Crippen LogP contribution in [0.25, 0.3) is 0 Å². The monoisotopic (exact) mass is 215 g/mol. The third-order valence-electron chi connectivity index (χ3n) is 2.68. The van der Waals surface area contributed by atoms with Crippen molar-refractivity contribution in [2.45, 2.75) is 31.4 Å². The summed E-state index contributed by atoms with van der Waals surface area (Å²) >= 11 is 0. The first-order valence-corrected chi connectivity index (χ1v) is 4.93. The standard InChI is InChI=1S/C9H17N3O3/c1-2-9(15)4-12(5-9)8(14)6(10)3-7(11)13/h6,15H,2-5,10H2,1H3,(H2,11,13). The van der Waals surface area contributed by atoms with E-state index in [9.17, 15) is 14.7 Å². The number of nitrogens with zero attached hydrogens (tertiary/aromatic N) is 1. The molecule has 6 nitrogen and oxygen atoms in total. The van der Waals surface area contributed by atoms with E-state index < -0.39 is 17.6 Å². The molecule has 1 unspecified atom stereocenters. The van der Waals surface area contributed by atoms with E-state index in [1.165, 1.54) is 4.90 Å². The van der Waals surface area contributed by atoms with Crippen molar-refractivity contribution in [2.75, 3.05) is 13.1 Å². The molecule has 5 N–H and O–H groups in total. The maximum atomic E-state index is 11.5. The van der Waals surface area contributed by atoms with E-state index in [-0.39, 0.29) is 25.4 Å². The maximum Gasteiger partial charge on any atom is 0.240 e. The van der Waals surface area contributed by atoms with Crippen LogP contribution in [0.5, 0.6) is 0 Å². The summed E-state index contributed by atoms with van der Waals surface area (Å²) < 4.78 is 0. The minimum Gasteiger partial charge on any atom is -0.386 e. The van der Waals surface area contributed by atoms with Gasteiger partial charge in [0.15, 0.2) is 0 Å². The van der Waals surface area contributed by atoms with Gasteiger partial charge in [-0.05, 0) is 6.42 Å². The molecule has 2 amide bonds. The number of likely N-dealkylation sites (tertiary alicyclic amines) is 1. The van der Waals surface area contributed by atoms with Gasteiger partial charge in [-0.25, -0.2) is 0 Å². The van der Waals surface area contributed by atoms with E-state index in [1.807, 2.05) is 6.92 Å². The molecule has 0 aromatic rings. The van der Waals surface area contributed by atoms with Crippen molar-refractivity contribution in [3.8, 4) is 0 Å². The van der Waals surface area contributed by atoms with E-state index >= 15 is 0 Å². The number of hydrogen-bond donors (Lipinski definition) is 3. The number of rotatable bonds is 4. The molecule has 86 valence electrons. The fraction of sp³-hybridized carbons (Fsp3) is 0.778. The molecule has 1 atom stereocenters. The number of primary amides is 1. The molecular formula is C9H17N3O3. The van der Waals surface area contributed by atoms with Crippen LogP contribution in [0.4, 0.5) is 0 Å². The van der Waals surface area contributed by atoms with Crippen LogP contribution in [0.3, 0.4) is 0 Å². The van der Waals surface area contributed by atoms with Gasteiger partial charge >= 0.3 is 0 Å². The lowest BCUT2D eigenvalue weighted by atomic mass is 9.90. The van der Waals surface area contributed by atoms with Gasteiger partial charge in [0, 0.05) is 0 Å². The molecule has 1 aliphatic heterocycles. The van der Waals surface area contributed by atoms with Crippen LogP contribution in [0.2, 0.25) is 0 Å². The summed E-state index contributed by atoms with van der Waals surface area (Å²) in [5.41, 5.74) is 9.64. The minimum atomic E-state index is -0.885. The Balaban J connectivity index is 2.41. The second kappa shape index (κ2) is 4.16. The highest BCUT2D eigenvalue weighted by molar-refractivity contribution is 5.88. The molecule has 1 fully saturated rings. The molecule has 6 heteroatoms. The van der Waals surface area contributed by atoms with E-state index in [4.69, 9.17) is 11.5 Å². The number of carbonyl (C=O) groups excluding carboxylic acids is 2. The molecule has 15 heavy (non-hydrogen) atoms. The minimum absolute atomic E-state index is 0.153. The Bertz CT molecular complexity index is 274. The molecule has 1 saturated heterocycles. The van der Waals surface area contributed by atoms with Crippen LogP contribution >= 0.6 is 0 Å². The Kier molecular flexibility index (Phi) is 3.31. The average molecular weight is 215 g/mol. The third-order valence-corrected chi connectivity index (χ3v) is 2.68. The number of aliphatic hydroxyl groups is 1. The highest BCUT2D eigenvalue weighted by atomic mass is 16.3. The summed E-state index contributed by atoms with van der Waals surface area (Å²) in [5, 5.41) is 9.68. The number of amides is 2. The molecule has 1 heterocycles. The molecular weight excluding hydrogens is 198 g/mol. The van der Waals surface area contributed by atoms with Crippen LogP contribution in [0, 0.1) is 0 Å². The van der Waals surface area contributed by atoms with Crippen molar-refractivity contribution in [1.82, 2.24) is 4.90 Å². The first-order chi connectivity index (χ1) is 6.88. The fourth-order valence-corrected chi connectivity index (χ4v) is 1.58. The normalized spacial score (nSPS) is 20.6. The zero-order chi connectivity index (χ0) is 11.6. The Hall–Kier alpha value is -1.14. The molecule has 0 aromatic heterocycles. The Morgan fingerprint density at radius 3 is 2.47 bits per heavy atom. The molecule has 1 aliphatic rings. The lowest BCUT2D eigenvalue weighted by Crippen LogP contribution is -2.65. The van der Waals surface area contributed by atoms with Gasteiger partial charge in [0.2, 0.25) is 11.8 Å². The fourth-order valence-electron chi connectivity index (χ4n) is 1.58. The number of nitrogens with two attached hydrogens (primary N) is 2. The van der Waals surface area contributed by atoms with Crippen LogP contribution in [0.1, 0.15) is 19.8 Å². The first kappa shape index (κ1) is 11.9. The Morgan fingerprint density at radius 2 is 2.07 bits per heavy atom. The molecule has 0 radical (unpaired) electrons. The van der Waals surface area contributed by atoms with Gasteiger partial charge in [0.1, 0.15) is 0 Å². The Labute approximate surface area is 88.2 Å². The van der Waals surface area contributed by atoms with Gasteiger partial charge in [0.05, 0.1) is 31.2 Å². The summed E-state index contributed by atoms with van der Waals surface area (Å²) in [6, 6.07) is -0.885. The van der Waals surface area contributed by atoms with Gasteiger partial charge < -0.3 is 21.5 Å². The summed E-state index contributed by atoms with van der Waals surface area (Å²) in [7, 11) is 0. The van der Waals surface area contributed by atoms with Gasteiger partial charge in [0.25, 0.3) is 0 Å². The van der Waals surface area contributed by atoms with Crippen molar-refractivity contribution >= 4 is 11.8 Å². The van der Waals surface area contributed by atoms with Crippen molar-refractivity contribution in [3.05, 3.63) is 0 Å². The van der Waals surface area contributed by atoms with Gasteiger partial charge in [-0.15, -0.1) is 0 Å².